The first-order valence-electron chi connectivity index (χ1n) is 5.62. The Hall–Kier alpha value is -2.43. The lowest BCUT2D eigenvalue weighted by atomic mass is 10.1. The number of para-hydroxylation sites is 1. The molecule has 0 bridgehead atoms. The Morgan fingerprint density at radius 2 is 2.00 bits per heavy atom. The Morgan fingerprint density at radius 1 is 1.28 bits per heavy atom. The first-order chi connectivity index (χ1) is 8.77. The number of aliphatic carboxylic acids is 1. The van der Waals surface area contributed by atoms with Crippen LogP contribution in [0.2, 0.25) is 0 Å². The van der Waals surface area contributed by atoms with Crippen molar-refractivity contribution in [1.29, 1.82) is 0 Å². The summed E-state index contributed by atoms with van der Waals surface area (Å²) in [7, 11) is 0. The summed E-state index contributed by atoms with van der Waals surface area (Å²) in [5.74, 6) is -0.838. The second kappa shape index (κ2) is 4.10. The van der Waals surface area contributed by atoms with Crippen LogP contribution >= 0.6 is 0 Å². The fraction of sp³-hybridized carbons (Fsp3) is 0.154. The summed E-state index contributed by atoms with van der Waals surface area (Å²) < 4.78 is 0. The van der Waals surface area contributed by atoms with Gasteiger partial charge < -0.3 is 10.0 Å². The van der Waals surface area contributed by atoms with Crippen LogP contribution in [0.15, 0.2) is 43.0 Å². The molecule has 0 saturated heterocycles. The number of hydrogen-bond acceptors (Lipinski definition) is 4. The van der Waals surface area contributed by atoms with Crippen molar-refractivity contribution < 1.29 is 9.90 Å². The minimum atomic E-state index is -0.838. The van der Waals surface area contributed by atoms with Crippen LogP contribution in [0, 0.1) is 0 Å². The van der Waals surface area contributed by atoms with Crippen molar-refractivity contribution in [3.05, 3.63) is 48.5 Å². The van der Waals surface area contributed by atoms with E-state index < -0.39 is 12.0 Å². The summed E-state index contributed by atoms with van der Waals surface area (Å²) in [6, 6.07) is 7.11. The molecular formula is C13H11N3O2. The van der Waals surface area contributed by atoms with E-state index >= 15 is 0 Å². The van der Waals surface area contributed by atoms with E-state index in [4.69, 9.17) is 0 Å². The lowest BCUT2D eigenvalue weighted by Crippen LogP contribution is -2.35. The van der Waals surface area contributed by atoms with Gasteiger partial charge in [0, 0.05) is 12.1 Å². The highest BCUT2D eigenvalue weighted by molar-refractivity contribution is 5.86. The van der Waals surface area contributed by atoms with Gasteiger partial charge in [-0.3, -0.25) is 0 Å². The number of hydrogen-bond donors (Lipinski definition) is 1. The summed E-state index contributed by atoms with van der Waals surface area (Å²) in [4.78, 5) is 21.0. The van der Waals surface area contributed by atoms with Crippen LogP contribution in [0.3, 0.4) is 0 Å². The summed E-state index contributed by atoms with van der Waals surface area (Å²) >= 11 is 0. The van der Waals surface area contributed by atoms with Gasteiger partial charge in [0.1, 0.15) is 12.4 Å². The zero-order chi connectivity index (χ0) is 12.5. The largest absolute Gasteiger partial charge is 0.480 e. The average molecular weight is 241 g/mol. The van der Waals surface area contributed by atoms with Crippen molar-refractivity contribution in [3.8, 4) is 0 Å². The highest BCUT2D eigenvalue weighted by Gasteiger charge is 2.35. The van der Waals surface area contributed by atoms with Gasteiger partial charge in [0.15, 0.2) is 0 Å². The Labute approximate surface area is 104 Å². The second-order valence-corrected chi connectivity index (χ2v) is 4.15. The molecule has 1 aromatic heterocycles. The fourth-order valence-corrected chi connectivity index (χ4v) is 2.32. The monoisotopic (exact) mass is 241 g/mol. The van der Waals surface area contributed by atoms with Crippen molar-refractivity contribution in [2.75, 3.05) is 4.90 Å². The van der Waals surface area contributed by atoms with Crippen molar-refractivity contribution in [2.45, 2.75) is 12.5 Å². The molecule has 5 heteroatoms. The van der Waals surface area contributed by atoms with E-state index in [0.717, 1.165) is 11.3 Å². The Bertz CT molecular complexity index is 586. The van der Waals surface area contributed by atoms with Gasteiger partial charge in [0.2, 0.25) is 0 Å². The number of carbonyl (C=O) groups is 1. The maximum atomic E-state index is 11.4. The standard InChI is InChI=1S/C13H11N3O2/c17-13(18)12-5-9-3-1-2-4-11(9)16(12)10-6-14-8-15-7-10/h1-4,6-8,12H,5H2,(H,17,18). The van der Waals surface area contributed by atoms with E-state index in [2.05, 4.69) is 9.97 Å². The van der Waals surface area contributed by atoms with E-state index in [1.54, 1.807) is 17.3 Å². The van der Waals surface area contributed by atoms with Gasteiger partial charge in [-0.2, -0.15) is 0 Å². The molecule has 0 saturated carbocycles. The van der Waals surface area contributed by atoms with Crippen LogP contribution in [-0.4, -0.2) is 27.1 Å². The molecule has 1 unspecified atom stereocenters. The third kappa shape index (κ3) is 1.60. The molecule has 1 aliphatic rings. The molecule has 1 N–H and O–H groups in total. The zero-order valence-electron chi connectivity index (χ0n) is 9.52. The van der Waals surface area contributed by atoms with Crippen molar-refractivity contribution in [1.82, 2.24) is 9.97 Å². The van der Waals surface area contributed by atoms with Gasteiger partial charge >= 0.3 is 5.97 Å². The Kier molecular flexibility index (Phi) is 2.44. The predicted octanol–water partition coefficient (Wildman–Crippen LogP) is 1.62. The molecule has 0 radical (unpaired) electrons. The van der Waals surface area contributed by atoms with Gasteiger partial charge in [-0.25, -0.2) is 14.8 Å². The number of aromatic nitrogens is 2. The number of carboxylic acids is 1. The lowest BCUT2D eigenvalue weighted by molar-refractivity contribution is -0.138. The highest BCUT2D eigenvalue weighted by Crippen LogP contribution is 2.37. The first-order valence-corrected chi connectivity index (χ1v) is 5.62. The molecule has 1 aliphatic heterocycles. The minimum Gasteiger partial charge on any atom is -0.480 e. The molecule has 0 aliphatic carbocycles. The predicted molar refractivity (Wildman–Crippen MR) is 65.7 cm³/mol. The molecule has 0 amide bonds. The van der Waals surface area contributed by atoms with Crippen LogP contribution in [-0.2, 0) is 11.2 Å². The summed E-state index contributed by atoms with van der Waals surface area (Å²) in [5, 5.41) is 9.33. The van der Waals surface area contributed by atoms with Crippen molar-refractivity contribution >= 4 is 17.3 Å². The Balaban J connectivity index is 2.11. The van der Waals surface area contributed by atoms with E-state index in [0.29, 0.717) is 12.1 Å². The number of benzene rings is 1. The van der Waals surface area contributed by atoms with Crippen LogP contribution in [0.25, 0.3) is 0 Å². The van der Waals surface area contributed by atoms with E-state index in [1.807, 2.05) is 24.3 Å². The number of carboxylic acid groups (broad SMARTS) is 1. The van der Waals surface area contributed by atoms with Crippen LogP contribution in [0.1, 0.15) is 5.56 Å². The number of rotatable bonds is 2. The van der Waals surface area contributed by atoms with Gasteiger partial charge in [0.05, 0.1) is 18.1 Å². The van der Waals surface area contributed by atoms with Crippen LogP contribution in [0.4, 0.5) is 11.4 Å². The molecule has 1 aromatic carbocycles. The summed E-state index contributed by atoms with van der Waals surface area (Å²) in [5.41, 5.74) is 2.66. The molecule has 2 aromatic rings. The van der Waals surface area contributed by atoms with E-state index in [9.17, 15) is 9.90 Å². The highest BCUT2D eigenvalue weighted by atomic mass is 16.4. The van der Waals surface area contributed by atoms with E-state index in [-0.39, 0.29) is 0 Å². The molecule has 18 heavy (non-hydrogen) atoms. The SMILES string of the molecule is O=C(O)C1Cc2ccccc2N1c1cncnc1. The van der Waals surface area contributed by atoms with Crippen LogP contribution < -0.4 is 4.90 Å². The van der Waals surface area contributed by atoms with Crippen LogP contribution in [0.5, 0.6) is 0 Å². The molecular weight excluding hydrogens is 230 g/mol. The number of nitrogens with zero attached hydrogens (tertiary/aromatic N) is 3. The number of anilines is 2. The quantitative estimate of drug-likeness (QED) is 0.865. The fourth-order valence-electron chi connectivity index (χ4n) is 2.32. The molecule has 0 spiro atoms. The molecule has 2 heterocycles. The topological polar surface area (TPSA) is 66.3 Å². The van der Waals surface area contributed by atoms with Crippen molar-refractivity contribution in [3.63, 3.8) is 0 Å². The third-order valence-electron chi connectivity index (χ3n) is 3.09. The molecule has 3 rings (SSSR count). The summed E-state index contributed by atoms with van der Waals surface area (Å²) in [6.45, 7) is 0. The second-order valence-electron chi connectivity index (χ2n) is 4.15. The van der Waals surface area contributed by atoms with Gasteiger partial charge in [0.25, 0.3) is 0 Å². The molecule has 0 fully saturated rings. The zero-order valence-corrected chi connectivity index (χ0v) is 9.52. The lowest BCUT2D eigenvalue weighted by Gasteiger charge is -2.23. The number of fused-ring (bicyclic) bond motifs is 1. The summed E-state index contributed by atoms with van der Waals surface area (Å²) in [6.07, 6.45) is 5.19. The maximum Gasteiger partial charge on any atom is 0.327 e. The van der Waals surface area contributed by atoms with Gasteiger partial charge in [-0.1, -0.05) is 18.2 Å². The molecule has 1 atom stereocenters. The third-order valence-corrected chi connectivity index (χ3v) is 3.09. The molecule has 90 valence electrons. The van der Waals surface area contributed by atoms with Gasteiger partial charge in [-0.15, -0.1) is 0 Å². The smallest absolute Gasteiger partial charge is 0.327 e. The van der Waals surface area contributed by atoms with Gasteiger partial charge in [-0.05, 0) is 11.6 Å². The molecule has 5 nitrogen and oxygen atoms in total. The first kappa shape index (κ1) is 10.7. The van der Waals surface area contributed by atoms with E-state index in [1.165, 1.54) is 6.33 Å². The Morgan fingerprint density at radius 3 is 2.72 bits per heavy atom. The maximum absolute atomic E-state index is 11.4. The average Bonchev–Trinajstić information content (AvgIpc) is 2.79. The van der Waals surface area contributed by atoms with Crippen molar-refractivity contribution in [2.24, 2.45) is 0 Å². The normalized spacial score (nSPS) is 17.6. The minimum absolute atomic E-state index is 0.500.